The average Bonchev–Trinajstić information content (AvgIpc) is 2.09. The Morgan fingerprint density at radius 2 is 2.50 bits per heavy atom. The largest absolute Gasteiger partial charge is 0.495 e. The van der Waals surface area contributed by atoms with Crippen molar-refractivity contribution in [3.05, 3.63) is 29.6 Å². The van der Waals surface area contributed by atoms with Crippen LogP contribution < -0.4 is 0 Å². The van der Waals surface area contributed by atoms with Gasteiger partial charge in [0.05, 0.1) is 6.61 Å². The summed E-state index contributed by atoms with van der Waals surface area (Å²) < 4.78 is 5.14. The van der Waals surface area contributed by atoms with E-state index in [4.69, 9.17) is 10.1 Å². The van der Waals surface area contributed by atoms with Crippen LogP contribution in [0.25, 0.3) is 0 Å². The Morgan fingerprint density at radius 3 is 3.08 bits per heavy atom. The van der Waals surface area contributed by atoms with E-state index < -0.39 is 6.10 Å². The topological polar surface area (TPSA) is 53.3 Å². The number of aliphatic hydroxyl groups excluding tert-OH is 1. The van der Waals surface area contributed by atoms with E-state index in [-0.39, 0.29) is 0 Å². The third kappa shape index (κ3) is 1.64. The van der Waals surface area contributed by atoms with Crippen LogP contribution in [0.4, 0.5) is 0 Å². The van der Waals surface area contributed by atoms with Crippen molar-refractivity contribution in [2.24, 2.45) is 0 Å². The molecule has 0 aromatic rings. The first-order valence-corrected chi connectivity index (χ1v) is 3.78. The van der Waals surface area contributed by atoms with E-state index in [0.717, 1.165) is 0 Å². The zero-order chi connectivity index (χ0) is 8.97. The van der Waals surface area contributed by atoms with Gasteiger partial charge in [0.2, 0.25) is 0 Å². The first kappa shape index (κ1) is 8.78. The lowest BCUT2D eigenvalue weighted by Gasteiger charge is -2.16. The summed E-state index contributed by atoms with van der Waals surface area (Å²) in [6.07, 6.45) is 4.23. The van der Waals surface area contributed by atoms with Crippen LogP contribution in [0.2, 0.25) is 0 Å². The van der Waals surface area contributed by atoms with Crippen LogP contribution in [-0.2, 0) is 4.74 Å². The minimum absolute atomic E-state index is 0.431. The minimum atomic E-state index is -0.826. The molecule has 1 aliphatic rings. The highest BCUT2D eigenvalue weighted by Crippen LogP contribution is 2.17. The zero-order valence-corrected chi connectivity index (χ0v) is 6.87. The number of hydrogen-bond donors (Lipinski definition) is 2. The van der Waals surface area contributed by atoms with Gasteiger partial charge in [-0.05, 0) is 24.9 Å². The molecule has 0 heterocycles. The van der Waals surface area contributed by atoms with Gasteiger partial charge in [-0.1, -0.05) is 6.08 Å². The molecule has 1 aliphatic carbocycles. The van der Waals surface area contributed by atoms with Crippen LogP contribution in [0.15, 0.2) is 29.6 Å². The smallest absolute Gasteiger partial charge is 0.145 e. The quantitative estimate of drug-likeness (QED) is 0.600. The number of nitrogens with one attached hydrogen (secondary N) is 1. The molecule has 0 aromatic carbocycles. The lowest BCUT2D eigenvalue weighted by molar-refractivity contribution is 0.130. The van der Waals surface area contributed by atoms with Gasteiger partial charge in [-0.2, -0.15) is 0 Å². The molecular formula is C9H11NO2. The number of allylic oxidation sites excluding steroid dienone is 2. The number of rotatable bonds is 2. The first-order chi connectivity index (χ1) is 5.79. The van der Waals surface area contributed by atoms with Crippen LogP contribution >= 0.6 is 0 Å². The fourth-order valence-electron chi connectivity index (χ4n) is 0.986. The second-order valence-corrected chi connectivity index (χ2v) is 2.34. The molecule has 0 bridgehead atoms. The molecule has 64 valence electrons. The second-order valence-electron chi connectivity index (χ2n) is 2.34. The summed E-state index contributed by atoms with van der Waals surface area (Å²) in [5, 5.41) is 16.4. The maximum Gasteiger partial charge on any atom is 0.145 e. The van der Waals surface area contributed by atoms with Crippen molar-refractivity contribution < 1.29 is 9.84 Å². The van der Waals surface area contributed by atoms with Gasteiger partial charge in [0.15, 0.2) is 0 Å². The average molecular weight is 165 g/mol. The Labute approximate surface area is 71.2 Å². The molecule has 0 spiro atoms. The third-order valence-electron chi connectivity index (χ3n) is 1.56. The highest BCUT2D eigenvalue weighted by Gasteiger charge is 2.17. The molecule has 1 atom stereocenters. The van der Waals surface area contributed by atoms with Gasteiger partial charge in [0, 0.05) is 5.57 Å². The van der Waals surface area contributed by atoms with Crippen LogP contribution in [0.3, 0.4) is 0 Å². The Kier molecular flexibility index (Phi) is 2.86. The molecule has 2 N–H and O–H groups in total. The molecular weight excluding hydrogens is 154 g/mol. The highest BCUT2D eigenvalue weighted by molar-refractivity contribution is 5.63. The summed E-state index contributed by atoms with van der Waals surface area (Å²) in [7, 11) is 0. The van der Waals surface area contributed by atoms with Gasteiger partial charge in [-0.15, -0.1) is 0 Å². The molecule has 0 amide bonds. The van der Waals surface area contributed by atoms with E-state index in [0.29, 0.717) is 17.9 Å². The molecule has 3 nitrogen and oxygen atoms in total. The van der Waals surface area contributed by atoms with Crippen LogP contribution in [0.5, 0.6) is 0 Å². The molecule has 0 saturated carbocycles. The van der Waals surface area contributed by atoms with Crippen molar-refractivity contribution in [3.63, 3.8) is 0 Å². The van der Waals surface area contributed by atoms with Crippen molar-refractivity contribution in [3.8, 4) is 0 Å². The molecule has 1 rings (SSSR count). The number of hydrogen-bond acceptors (Lipinski definition) is 3. The lowest BCUT2D eigenvalue weighted by atomic mass is 10.0. The Balaban J connectivity index is 2.83. The van der Waals surface area contributed by atoms with E-state index in [1.54, 1.807) is 18.2 Å². The van der Waals surface area contributed by atoms with E-state index in [1.165, 1.54) is 0 Å². The van der Waals surface area contributed by atoms with Crippen LogP contribution in [-0.4, -0.2) is 23.7 Å². The summed E-state index contributed by atoms with van der Waals surface area (Å²) in [4.78, 5) is 0. The van der Waals surface area contributed by atoms with E-state index in [1.807, 2.05) is 6.92 Å². The molecule has 12 heavy (non-hydrogen) atoms. The van der Waals surface area contributed by atoms with E-state index >= 15 is 0 Å². The minimum Gasteiger partial charge on any atom is -0.495 e. The van der Waals surface area contributed by atoms with E-state index in [2.05, 4.69) is 5.87 Å². The van der Waals surface area contributed by atoms with Gasteiger partial charge in [-0.3, -0.25) is 5.41 Å². The van der Waals surface area contributed by atoms with Crippen molar-refractivity contribution >= 4 is 5.87 Å². The summed E-state index contributed by atoms with van der Waals surface area (Å²) in [6.45, 7) is 2.36. The van der Waals surface area contributed by atoms with Crippen LogP contribution in [0, 0.1) is 5.41 Å². The fraction of sp³-hybridized carbons (Fsp3) is 0.333. The fourth-order valence-corrected chi connectivity index (χ4v) is 0.986. The normalized spacial score (nSPS) is 21.7. The molecule has 3 heteroatoms. The maximum absolute atomic E-state index is 9.50. The van der Waals surface area contributed by atoms with Gasteiger partial charge in [-0.25, -0.2) is 0 Å². The Morgan fingerprint density at radius 1 is 1.75 bits per heavy atom. The number of aliphatic hydroxyl groups is 1. The SMILES string of the molecule is CCOC1=CC=CC(=C=N)[C@@H]1O. The summed E-state index contributed by atoms with van der Waals surface area (Å²) in [5.74, 6) is 2.63. The molecule has 0 aliphatic heterocycles. The predicted molar refractivity (Wildman–Crippen MR) is 46.1 cm³/mol. The zero-order valence-electron chi connectivity index (χ0n) is 6.87. The molecule has 0 aromatic heterocycles. The van der Waals surface area contributed by atoms with E-state index in [9.17, 15) is 5.11 Å². The molecule has 0 radical (unpaired) electrons. The summed E-state index contributed by atoms with van der Waals surface area (Å²) in [5.41, 5.74) is 0.431. The predicted octanol–water partition coefficient (Wildman–Crippen LogP) is 1.01. The molecule has 0 fully saturated rings. The van der Waals surface area contributed by atoms with Crippen molar-refractivity contribution in [2.75, 3.05) is 6.61 Å². The van der Waals surface area contributed by atoms with Gasteiger partial charge >= 0.3 is 0 Å². The summed E-state index contributed by atoms with van der Waals surface area (Å²) in [6, 6.07) is 0. The van der Waals surface area contributed by atoms with Gasteiger partial charge in [0.1, 0.15) is 11.9 Å². The standard InChI is InChI=1S/C9H11NO2/c1-2-12-8-5-3-4-7(6-10)9(8)11/h3-5,9-11H,2H2,1H3/t9-/m0/s1. The molecule has 0 saturated heterocycles. The van der Waals surface area contributed by atoms with Gasteiger partial charge < -0.3 is 9.84 Å². The van der Waals surface area contributed by atoms with Crippen molar-refractivity contribution in [2.45, 2.75) is 13.0 Å². The van der Waals surface area contributed by atoms with Crippen LogP contribution in [0.1, 0.15) is 6.92 Å². The van der Waals surface area contributed by atoms with Crippen molar-refractivity contribution in [1.29, 1.82) is 5.41 Å². The lowest BCUT2D eigenvalue weighted by Crippen LogP contribution is -2.17. The summed E-state index contributed by atoms with van der Waals surface area (Å²) >= 11 is 0. The van der Waals surface area contributed by atoms with Crippen molar-refractivity contribution in [1.82, 2.24) is 0 Å². The Bertz CT molecular complexity index is 272. The third-order valence-corrected chi connectivity index (χ3v) is 1.56. The second kappa shape index (κ2) is 3.90. The number of ether oxygens (including phenoxy) is 1. The van der Waals surface area contributed by atoms with Gasteiger partial charge in [0.25, 0.3) is 0 Å². The maximum atomic E-state index is 9.50. The monoisotopic (exact) mass is 165 g/mol. The first-order valence-electron chi connectivity index (χ1n) is 3.78. The Hall–Kier alpha value is -1.31. The highest BCUT2D eigenvalue weighted by atomic mass is 16.5. The molecule has 0 unspecified atom stereocenters.